The highest BCUT2D eigenvalue weighted by atomic mass is 16.5. The molecule has 6 heteroatoms. The van der Waals surface area contributed by atoms with Gasteiger partial charge in [-0.15, -0.1) is 0 Å². The Morgan fingerprint density at radius 1 is 1.48 bits per heavy atom. The Morgan fingerprint density at radius 3 is 3.05 bits per heavy atom. The van der Waals surface area contributed by atoms with Crippen molar-refractivity contribution in [1.82, 2.24) is 9.97 Å². The number of hydrogen-bond donors (Lipinski definition) is 2. The monoisotopic (exact) mass is 294 g/mol. The molecule has 0 aromatic carbocycles. The molecular weight excluding hydrogens is 268 g/mol. The number of rotatable bonds is 8. The quantitative estimate of drug-likeness (QED) is 0.760. The van der Waals surface area contributed by atoms with Crippen molar-refractivity contribution in [2.75, 3.05) is 43.6 Å². The van der Waals surface area contributed by atoms with E-state index in [-0.39, 0.29) is 6.61 Å². The molecule has 2 heterocycles. The second kappa shape index (κ2) is 8.14. The van der Waals surface area contributed by atoms with E-state index in [0.29, 0.717) is 18.3 Å². The van der Waals surface area contributed by atoms with Crippen LogP contribution in [0, 0.1) is 5.92 Å². The zero-order chi connectivity index (χ0) is 15.1. The molecule has 2 N–H and O–H groups in total. The van der Waals surface area contributed by atoms with Crippen LogP contribution in [-0.2, 0) is 11.3 Å². The molecule has 1 unspecified atom stereocenters. The molecule has 118 valence electrons. The Morgan fingerprint density at radius 2 is 2.33 bits per heavy atom. The van der Waals surface area contributed by atoms with Crippen molar-refractivity contribution in [1.29, 1.82) is 0 Å². The number of methoxy groups -OCH3 is 1. The van der Waals surface area contributed by atoms with Gasteiger partial charge in [-0.1, -0.05) is 6.92 Å². The van der Waals surface area contributed by atoms with Crippen molar-refractivity contribution < 1.29 is 9.84 Å². The molecule has 1 aromatic rings. The van der Waals surface area contributed by atoms with Crippen LogP contribution >= 0.6 is 0 Å². The van der Waals surface area contributed by atoms with Gasteiger partial charge in [0.15, 0.2) is 5.82 Å². The lowest BCUT2D eigenvalue weighted by molar-refractivity contribution is 0.178. The SMILES string of the molecule is CCCNc1cc(N2CCC(CCO)C2)nc(COC)n1. The van der Waals surface area contributed by atoms with Crippen LogP contribution in [-0.4, -0.2) is 48.4 Å². The Labute approximate surface area is 126 Å². The first-order valence-corrected chi connectivity index (χ1v) is 7.73. The normalized spacial score (nSPS) is 18.2. The fourth-order valence-electron chi connectivity index (χ4n) is 2.64. The Kier molecular flexibility index (Phi) is 6.20. The maximum Gasteiger partial charge on any atom is 0.158 e. The predicted octanol–water partition coefficient (Wildman–Crippen LogP) is 1.65. The Balaban J connectivity index is 2.11. The molecule has 2 rings (SSSR count). The summed E-state index contributed by atoms with van der Waals surface area (Å²) in [5.41, 5.74) is 0. The van der Waals surface area contributed by atoms with Gasteiger partial charge in [-0.25, -0.2) is 9.97 Å². The topological polar surface area (TPSA) is 70.5 Å². The number of aromatic nitrogens is 2. The standard InChI is InChI=1S/C15H26N4O2/c1-3-6-16-13-9-15(18-14(17-13)11-21-2)19-7-4-12(10-19)5-8-20/h9,12,20H,3-8,10-11H2,1-2H3,(H,16,17,18). The van der Waals surface area contributed by atoms with Crippen LogP contribution in [0.25, 0.3) is 0 Å². The van der Waals surface area contributed by atoms with Crippen molar-refractivity contribution in [3.05, 3.63) is 11.9 Å². The van der Waals surface area contributed by atoms with Gasteiger partial charge in [0.2, 0.25) is 0 Å². The minimum atomic E-state index is 0.264. The first kappa shape index (κ1) is 16.0. The van der Waals surface area contributed by atoms with Crippen molar-refractivity contribution >= 4 is 11.6 Å². The van der Waals surface area contributed by atoms with E-state index in [1.807, 2.05) is 6.07 Å². The number of anilines is 2. The highest BCUT2D eigenvalue weighted by Crippen LogP contribution is 2.25. The third-order valence-corrected chi connectivity index (χ3v) is 3.74. The lowest BCUT2D eigenvalue weighted by Crippen LogP contribution is -2.22. The third-order valence-electron chi connectivity index (χ3n) is 3.74. The molecule has 1 aromatic heterocycles. The summed E-state index contributed by atoms with van der Waals surface area (Å²) in [6, 6.07) is 2.01. The summed E-state index contributed by atoms with van der Waals surface area (Å²) in [5.74, 6) is 3.08. The number of ether oxygens (including phenoxy) is 1. The van der Waals surface area contributed by atoms with E-state index in [4.69, 9.17) is 9.84 Å². The average Bonchev–Trinajstić information content (AvgIpc) is 2.94. The molecule has 0 amide bonds. The molecule has 0 aliphatic carbocycles. The van der Waals surface area contributed by atoms with Crippen LogP contribution in [0.4, 0.5) is 11.6 Å². The summed E-state index contributed by atoms with van der Waals surface area (Å²) in [7, 11) is 1.66. The highest BCUT2D eigenvalue weighted by molar-refractivity contribution is 5.50. The van der Waals surface area contributed by atoms with Crippen molar-refractivity contribution in [2.24, 2.45) is 5.92 Å². The van der Waals surface area contributed by atoms with E-state index in [1.165, 1.54) is 0 Å². The molecule has 0 saturated carbocycles. The summed E-state index contributed by atoms with van der Waals surface area (Å²) in [5, 5.41) is 12.4. The molecule has 6 nitrogen and oxygen atoms in total. The van der Waals surface area contributed by atoms with E-state index in [0.717, 1.165) is 50.5 Å². The lowest BCUT2D eigenvalue weighted by atomic mass is 10.1. The van der Waals surface area contributed by atoms with Gasteiger partial charge in [0, 0.05) is 39.4 Å². The van der Waals surface area contributed by atoms with Crippen LogP contribution in [0.3, 0.4) is 0 Å². The van der Waals surface area contributed by atoms with Gasteiger partial charge in [0.1, 0.15) is 18.2 Å². The molecule has 0 spiro atoms. The molecule has 1 atom stereocenters. The van der Waals surface area contributed by atoms with Crippen LogP contribution in [0.1, 0.15) is 32.0 Å². The second-order valence-electron chi connectivity index (χ2n) is 5.50. The zero-order valence-electron chi connectivity index (χ0n) is 13.0. The molecule has 0 bridgehead atoms. The average molecular weight is 294 g/mol. The molecule has 1 fully saturated rings. The Hall–Kier alpha value is -1.40. The summed E-state index contributed by atoms with van der Waals surface area (Å²) in [6.45, 7) is 5.66. The van der Waals surface area contributed by atoms with E-state index >= 15 is 0 Å². The molecule has 21 heavy (non-hydrogen) atoms. The van der Waals surface area contributed by atoms with E-state index < -0.39 is 0 Å². The van der Waals surface area contributed by atoms with E-state index in [2.05, 4.69) is 27.1 Å². The minimum absolute atomic E-state index is 0.264. The number of aliphatic hydroxyl groups excluding tert-OH is 1. The van der Waals surface area contributed by atoms with Crippen molar-refractivity contribution in [2.45, 2.75) is 32.8 Å². The predicted molar refractivity (Wildman–Crippen MR) is 83.5 cm³/mol. The summed E-state index contributed by atoms with van der Waals surface area (Å²) < 4.78 is 5.16. The van der Waals surface area contributed by atoms with Crippen LogP contribution in [0.2, 0.25) is 0 Å². The summed E-state index contributed by atoms with van der Waals surface area (Å²) in [4.78, 5) is 11.3. The van der Waals surface area contributed by atoms with Gasteiger partial charge < -0.3 is 20.1 Å². The molecule has 1 aliphatic heterocycles. The Bertz CT molecular complexity index is 442. The number of nitrogens with one attached hydrogen (secondary N) is 1. The lowest BCUT2D eigenvalue weighted by Gasteiger charge is -2.19. The van der Waals surface area contributed by atoms with Gasteiger partial charge in [-0.2, -0.15) is 0 Å². The maximum atomic E-state index is 9.07. The van der Waals surface area contributed by atoms with Gasteiger partial charge in [0.25, 0.3) is 0 Å². The molecule has 1 saturated heterocycles. The first-order chi connectivity index (χ1) is 10.3. The van der Waals surface area contributed by atoms with Gasteiger partial charge >= 0.3 is 0 Å². The largest absolute Gasteiger partial charge is 0.396 e. The van der Waals surface area contributed by atoms with Crippen LogP contribution < -0.4 is 10.2 Å². The molecular formula is C15H26N4O2. The second-order valence-corrected chi connectivity index (χ2v) is 5.50. The number of nitrogens with zero attached hydrogens (tertiary/aromatic N) is 3. The fourth-order valence-corrected chi connectivity index (χ4v) is 2.64. The van der Waals surface area contributed by atoms with Crippen LogP contribution in [0.5, 0.6) is 0 Å². The summed E-state index contributed by atoms with van der Waals surface area (Å²) in [6.07, 6.45) is 3.04. The van der Waals surface area contributed by atoms with Gasteiger partial charge in [-0.05, 0) is 25.2 Å². The number of hydrogen-bond acceptors (Lipinski definition) is 6. The van der Waals surface area contributed by atoms with Gasteiger partial charge in [-0.3, -0.25) is 0 Å². The fraction of sp³-hybridized carbons (Fsp3) is 0.733. The third kappa shape index (κ3) is 4.54. The van der Waals surface area contributed by atoms with E-state index in [1.54, 1.807) is 7.11 Å². The maximum absolute atomic E-state index is 9.07. The zero-order valence-corrected chi connectivity index (χ0v) is 13.0. The molecule has 0 radical (unpaired) electrons. The highest BCUT2D eigenvalue weighted by Gasteiger charge is 2.23. The minimum Gasteiger partial charge on any atom is -0.396 e. The van der Waals surface area contributed by atoms with Crippen molar-refractivity contribution in [3.8, 4) is 0 Å². The summed E-state index contributed by atoms with van der Waals surface area (Å²) >= 11 is 0. The van der Waals surface area contributed by atoms with Gasteiger partial charge in [0.05, 0.1) is 0 Å². The van der Waals surface area contributed by atoms with Crippen molar-refractivity contribution in [3.63, 3.8) is 0 Å². The first-order valence-electron chi connectivity index (χ1n) is 7.73. The number of aliphatic hydroxyl groups is 1. The molecule has 1 aliphatic rings. The smallest absolute Gasteiger partial charge is 0.158 e. The van der Waals surface area contributed by atoms with E-state index in [9.17, 15) is 0 Å². The van der Waals surface area contributed by atoms with Crippen LogP contribution in [0.15, 0.2) is 6.07 Å².